The van der Waals surface area contributed by atoms with Crippen LogP contribution in [0.3, 0.4) is 0 Å². The van der Waals surface area contributed by atoms with Crippen LogP contribution >= 0.6 is 23.2 Å². The maximum Gasteiger partial charge on any atom is 0.242 e. The van der Waals surface area contributed by atoms with Gasteiger partial charge >= 0.3 is 0 Å². The van der Waals surface area contributed by atoms with Gasteiger partial charge in [0.2, 0.25) is 10.0 Å². The summed E-state index contributed by atoms with van der Waals surface area (Å²) in [6, 6.07) is 3.00. The molecule has 0 heterocycles. The fourth-order valence-electron chi connectivity index (χ4n) is 1.84. The number of benzene rings is 1. The van der Waals surface area contributed by atoms with Gasteiger partial charge in [-0.25, -0.2) is 13.1 Å². The molecule has 1 aromatic carbocycles. The normalized spacial score (nSPS) is 17.2. The van der Waals surface area contributed by atoms with E-state index in [9.17, 15) is 8.42 Å². The maximum atomic E-state index is 12.3. The van der Waals surface area contributed by atoms with E-state index in [2.05, 4.69) is 17.0 Å². The summed E-state index contributed by atoms with van der Waals surface area (Å²) in [6.45, 7) is 2.98. The highest BCUT2D eigenvalue weighted by Crippen LogP contribution is 2.44. The molecule has 20 heavy (non-hydrogen) atoms. The molecule has 112 valence electrons. The van der Waals surface area contributed by atoms with Crippen molar-refractivity contribution < 1.29 is 8.42 Å². The molecule has 1 aliphatic rings. The molecule has 0 amide bonds. The molecule has 0 atom stereocenters. The van der Waals surface area contributed by atoms with Gasteiger partial charge in [-0.15, -0.1) is 0 Å². The first-order valence-corrected chi connectivity index (χ1v) is 8.63. The van der Waals surface area contributed by atoms with Gasteiger partial charge in [0.15, 0.2) is 0 Å². The lowest BCUT2D eigenvalue weighted by molar-refractivity contribution is 0.530. The molecule has 1 saturated carbocycles. The summed E-state index contributed by atoms with van der Waals surface area (Å²) < 4.78 is 27.3. The predicted molar refractivity (Wildman–Crippen MR) is 81.8 cm³/mol. The lowest BCUT2D eigenvalue weighted by Crippen LogP contribution is -2.29. The maximum absolute atomic E-state index is 12.3. The topological polar surface area (TPSA) is 58.2 Å². The minimum atomic E-state index is -3.61. The SMILES string of the molecule is CNCc1cc(S(=O)(=O)NCC2(C)CC2)c(Cl)cc1Cl. The summed E-state index contributed by atoms with van der Waals surface area (Å²) in [5.41, 5.74) is 0.802. The highest BCUT2D eigenvalue weighted by molar-refractivity contribution is 7.89. The number of halogens is 2. The van der Waals surface area contributed by atoms with Crippen LogP contribution in [0.15, 0.2) is 17.0 Å². The van der Waals surface area contributed by atoms with Crippen molar-refractivity contribution in [3.63, 3.8) is 0 Å². The van der Waals surface area contributed by atoms with Crippen molar-refractivity contribution in [1.82, 2.24) is 10.0 Å². The van der Waals surface area contributed by atoms with Crippen LogP contribution in [0.2, 0.25) is 10.0 Å². The van der Waals surface area contributed by atoms with Gasteiger partial charge < -0.3 is 5.32 Å². The van der Waals surface area contributed by atoms with Crippen molar-refractivity contribution in [3.05, 3.63) is 27.7 Å². The van der Waals surface area contributed by atoms with Crippen LogP contribution in [0.4, 0.5) is 0 Å². The molecule has 7 heteroatoms. The third-order valence-corrected chi connectivity index (χ3v) is 5.77. The van der Waals surface area contributed by atoms with Gasteiger partial charge in [-0.05, 0) is 43.0 Å². The fraction of sp³-hybridized carbons (Fsp3) is 0.538. The number of sulfonamides is 1. The summed E-state index contributed by atoms with van der Waals surface area (Å²) in [5.74, 6) is 0. The summed E-state index contributed by atoms with van der Waals surface area (Å²) in [5, 5.41) is 3.54. The second-order valence-electron chi connectivity index (χ2n) is 5.54. The van der Waals surface area contributed by atoms with E-state index in [4.69, 9.17) is 23.2 Å². The second kappa shape index (κ2) is 5.81. The zero-order chi connectivity index (χ0) is 15.0. The molecule has 2 N–H and O–H groups in total. The van der Waals surface area contributed by atoms with Crippen LogP contribution in [0.25, 0.3) is 0 Å². The molecule has 2 rings (SSSR count). The molecule has 0 aliphatic heterocycles. The Balaban J connectivity index is 2.27. The molecule has 0 radical (unpaired) electrons. The van der Waals surface area contributed by atoms with Crippen molar-refractivity contribution in [2.45, 2.75) is 31.2 Å². The number of hydrogen-bond acceptors (Lipinski definition) is 3. The van der Waals surface area contributed by atoms with Gasteiger partial charge in [-0.3, -0.25) is 0 Å². The average molecular weight is 337 g/mol. The van der Waals surface area contributed by atoms with E-state index in [1.807, 2.05) is 0 Å². The van der Waals surface area contributed by atoms with E-state index in [0.29, 0.717) is 23.7 Å². The van der Waals surface area contributed by atoms with Crippen LogP contribution in [-0.2, 0) is 16.6 Å². The highest BCUT2D eigenvalue weighted by Gasteiger charge is 2.38. The Morgan fingerprint density at radius 3 is 2.45 bits per heavy atom. The van der Waals surface area contributed by atoms with Crippen LogP contribution in [0.5, 0.6) is 0 Å². The third kappa shape index (κ3) is 3.65. The first-order chi connectivity index (χ1) is 9.27. The fourth-order valence-corrected chi connectivity index (χ4v) is 3.90. The van der Waals surface area contributed by atoms with Gasteiger partial charge in [0, 0.05) is 18.1 Å². The van der Waals surface area contributed by atoms with Gasteiger partial charge in [0.25, 0.3) is 0 Å². The summed E-state index contributed by atoms with van der Waals surface area (Å²) in [6.07, 6.45) is 2.10. The summed E-state index contributed by atoms with van der Waals surface area (Å²) in [7, 11) is -1.84. The lowest BCUT2D eigenvalue weighted by Gasteiger charge is -2.14. The smallest absolute Gasteiger partial charge is 0.242 e. The summed E-state index contributed by atoms with van der Waals surface area (Å²) in [4.78, 5) is 0.0815. The minimum Gasteiger partial charge on any atom is -0.316 e. The molecule has 1 aromatic rings. The van der Waals surface area contributed by atoms with Crippen LogP contribution in [0.1, 0.15) is 25.3 Å². The molecule has 1 fully saturated rings. The molecule has 4 nitrogen and oxygen atoms in total. The summed E-state index contributed by atoms with van der Waals surface area (Å²) >= 11 is 12.1. The third-order valence-electron chi connectivity index (χ3n) is 3.55. The van der Waals surface area contributed by atoms with Gasteiger partial charge in [0.05, 0.1) is 5.02 Å². The number of hydrogen-bond donors (Lipinski definition) is 2. The average Bonchev–Trinajstić information content (AvgIpc) is 3.09. The van der Waals surface area contributed by atoms with Crippen molar-refractivity contribution in [2.24, 2.45) is 5.41 Å². The van der Waals surface area contributed by atoms with E-state index < -0.39 is 10.0 Å². The molecular formula is C13H18Cl2N2O2S. The molecule has 0 aromatic heterocycles. The zero-order valence-corrected chi connectivity index (χ0v) is 13.8. The molecule has 0 saturated heterocycles. The van der Waals surface area contributed by atoms with Crippen molar-refractivity contribution in [1.29, 1.82) is 0 Å². The number of nitrogens with one attached hydrogen (secondary N) is 2. The predicted octanol–water partition coefficient (Wildman–Crippen LogP) is 2.79. The Hall–Kier alpha value is -0.330. The highest BCUT2D eigenvalue weighted by atomic mass is 35.5. The van der Waals surface area contributed by atoms with Crippen LogP contribution < -0.4 is 10.0 Å². The van der Waals surface area contributed by atoms with Gasteiger partial charge in [-0.2, -0.15) is 0 Å². The molecule has 1 aliphatic carbocycles. The van der Waals surface area contributed by atoms with Crippen molar-refractivity contribution in [3.8, 4) is 0 Å². The van der Waals surface area contributed by atoms with Crippen molar-refractivity contribution >= 4 is 33.2 Å². The Kier molecular flexibility index (Phi) is 4.66. The lowest BCUT2D eigenvalue weighted by atomic mass is 10.2. The number of rotatable bonds is 6. The first kappa shape index (κ1) is 16.0. The van der Waals surface area contributed by atoms with E-state index >= 15 is 0 Å². The first-order valence-electron chi connectivity index (χ1n) is 6.40. The largest absolute Gasteiger partial charge is 0.316 e. The van der Waals surface area contributed by atoms with E-state index in [0.717, 1.165) is 12.8 Å². The molecule has 0 spiro atoms. The second-order valence-corrected chi connectivity index (χ2v) is 8.09. The molecule has 0 unspecified atom stereocenters. The van der Waals surface area contributed by atoms with Crippen molar-refractivity contribution in [2.75, 3.05) is 13.6 Å². The molecule has 0 bridgehead atoms. The Bertz CT molecular complexity index is 613. The molecular weight excluding hydrogens is 319 g/mol. The Labute approximate surface area is 129 Å². The monoisotopic (exact) mass is 336 g/mol. The van der Waals surface area contributed by atoms with Crippen LogP contribution in [-0.4, -0.2) is 22.0 Å². The minimum absolute atomic E-state index is 0.0815. The Morgan fingerprint density at radius 1 is 1.25 bits per heavy atom. The van der Waals surface area contributed by atoms with Gasteiger partial charge in [0.1, 0.15) is 4.90 Å². The standard InChI is InChI=1S/C13H18Cl2N2O2S/c1-13(3-4-13)8-17-20(18,19)12-5-9(7-16-2)10(14)6-11(12)15/h5-6,16-17H,3-4,7-8H2,1-2H3. The quantitative estimate of drug-likeness (QED) is 0.839. The van der Waals surface area contributed by atoms with E-state index in [1.54, 1.807) is 7.05 Å². The van der Waals surface area contributed by atoms with Crippen LogP contribution in [0, 0.1) is 5.41 Å². The Morgan fingerprint density at radius 2 is 1.90 bits per heavy atom. The van der Waals surface area contributed by atoms with Gasteiger partial charge in [-0.1, -0.05) is 30.1 Å². The van der Waals surface area contributed by atoms with E-state index in [1.165, 1.54) is 12.1 Å². The zero-order valence-electron chi connectivity index (χ0n) is 11.5. The van der Waals surface area contributed by atoms with E-state index in [-0.39, 0.29) is 15.3 Å².